The summed E-state index contributed by atoms with van der Waals surface area (Å²) < 4.78 is 0. The fourth-order valence-corrected chi connectivity index (χ4v) is 2.88. The van der Waals surface area contributed by atoms with E-state index in [0.717, 1.165) is 18.8 Å². The zero-order valence-electron chi connectivity index (χ0n) is 12.4. The van der Waals surface area contributed by atoms with Crippen LogP contribution in [0.3, 0.4) is 0 Å². The molecule has 19 heavy (non-hydrogen) atoms. The van der Waals surface area contributed by atoms with Crippen LogP contribution in [0.2, 0.25) is 0 Å². The lowest BCUT2D eigenvalue weighted by Crippen LogP contribution is -2.34. The minimum Gasteiger partial charge on any atom is -0.370 e. The molecular formula is C16H27N3. The molecule has 2 heterocycles. The predicted molar refractivity (Wildman–Crippen MR) is 81.5 cm³/mol. The maximum atomic E-state index is 4.55. The third kappa shape index (κ3) is 3.93. The third-order valence-electron chi connectivity index (χ3n) is 3.85. The Morgan fingerprint density at radius 1 is 1.26 bits per heavy atom. The number of rotatable bonds is 6. The Balaban J connectivity index is 2.02. The summed E-state index contributed by atoms with van der Waals surface area (Å²) in [5.41, 5.74) is 1.38. The zero-order valence-corrected chi connectivity index (χ0v) is 12.4. The van der Waals surface area contributed by atoms with Crippen LogP contribution in [-0.2, 0) is 0 Å². The number of piperidine rings is 1. The SMILES string of the molecule is CCCNc1ccc([C@H]2CCCCN2CCC)cn1. The quantitative estimate of drug-likeness (QED) is 0.843. The number of pyridine rings is 1. The van der Waals surface area contributed by atoms with Crippen LogP contribution in [-0.4, -0.2) is 29.5 Å². The highest BCUT2D eigenvalue weighted by Gasteiger charge is 2.23. The van der Waals surface area contributed by atoms with Crippen LogP contribution in [0.1, 0.15) is 57.6 Å². The monoisotopic (exact) mass is 261 g/mol. The van der Waals surface area contributed by atoms with Gasteiger partial charge in [-0.05, 0) is 50.4 Å². The van der Waals surface area contributed by atoms with Gasteiger partial charge in [-0.25, -0.2) is 4.98 Å². The summed E-state index contributed by atoms with van der Waals surface area (Å²) >= 11 is 0. The second-order valence-electron chi connectivity index (χ2n) is 5.45. The van der Waals surface area contributed by atoms with Gasteiger partial charge in [0, 0.05) is 18.8 Å². The van der Waals surface area contributed by atoms with E-state index in [0.29, 0.717) is 6.04 Å². The van der Waals surface area contributed by atoms with Crippen LogP contribution in [0.4, 0.5) is 5.82 Å². The molecule has 1 aromatic heterocycles. The number of nitrogens with zero attached hydrogens (tertiary/aromatic N) is 2. The van der Waals surface area contributed by atoms with Gasteiger partial charge in [0.05, 0.1) is 0 Å². The third-order valence-corrected chi connectivity index (χ3v) is 3.85. The average molecular weight is 261 g/mol. The van der Waals surface area contributed by atoms with E-state index in [1.165, 1.54) is 44.3 Å². The highest BCUT2D eigenvalue weighted by atomic mass is 15.2. The molecule has 0 spiro atoms. The van der Waals surface area contributed by atoms with Gasteiger partial charge in [-0.2, -0.15) is 0 Å². The summed E-state index contributed by atoms with van der Waals surface area (Å²) in [5, 5.41) is 3.34. The molecule has 1 aromatic rings. The maximum Gasteiger partial charge on any atom is 0.125 e. The van der Waals surface area contributed by atoms with Crippen molar-refractivity contribution >= 4 is 5.82 Å². The first-order chi connectivity index (χ1) is 9.35. The van der Waals surface area contributed by atoms with Crippen molar-refractivity contribution in [2.75, 3.05) is 25.0 Å². The van der Waals surface area contributed by atoms with Crippen molar-refractivity contribution < 1.29 is 0 Å². The first-order valence-electron chi connectivity index (χ1n) is 7.79. The lowest BCUT2D eigenvalue weighted by molar-refractivity contribution is 0.149. The van der Waals surface area contributed by atoms with E-state index in [4.69, 9.17) is 0 Å². The molecule has 106 valence electrons. The van der Waals surface area contributed by atoms with Crippen LogP contribution in [0.15, 0.2) is 18.3 Å². The zero-order chi connectivity index (χ0) is 13.5. The minimum absolute atomic E-state index is 0.585. The summed E-state index contributed by atoms with van der Waals surface area (Å²) in [4.78, 5) is 7.17. The van der Waals surface area contributed by atoms with Gasteiger partial charge in [0.2, 0.25) is 0 Å². The standard InChI is InChI=1S/C16H27N3/c1-3-10-17-16-9-8-14(13-18-16)15-7-5-6-12-19(15)11-4-2/h8-9,13,15H,3-7,10-12H2,1-2H3,(H,17,18)/t15-/m1/s1. The van der Waals surface area contributed by atoms with Crippen molar-refractivity contribution in [3.8, 4) is 0 Å². The van der Waals surface area contributed by atoms with Gasteiger partial charge in [0.25, 0.3) is 0 Å². The summed E-state index contributed by atoms with van der Waals surface area (Å²) in [6.45, 7) is 7.89. The molecule has 0 radical (unpaired) electrons. The Morgan fingerprint density at radius 3 is 2.84 bits per heavy atom. The van der Waals surface area contributed by atoms with Crippen molar-refractivity contribution in [3.05, 3.63) is 23.9 Å². The van der Waals surface area contributed by atoms with E-state index >= 15 is 0 Å². The first kappa shape index (κ1) is 14.3. The van der Waals surface area contributed by atoms with Crippen LogP contribution in [0, 0.1) is 0 Å². The molecule has 0 amide bonds. The predicted octanol–water partition coefficient (Wildman–Crippen LogP) is 3.84. The van der Waals surface area contributed by atoms with Crippen molar-refractivity contribution in [2.45, 2.75) is 52.0 Å². The highest BCUT2D eigenvalue weighted by Crippen LogP contribution is 2.30. The second kappa shape index (κ2) is 7.49. The number of anilines is 1. The van der Waals surface area contributed by atoms with Crippen LogP contribution in [0.5, 0.6) is 0 Å². The van der Waals surface area contributed by atoms with Crippen molar-refractivity contribution in [2.24, 2.45) is 0 Å². The number of nitrogens with one attached hydrogen (secondary N) is 1. The van der Waals surface area contributed by atoms with E-state index in [-0.39, 0.29) is 0 Å². The second-order valence-corrected chi connectivity index (χ2v) is 5.45. The molecule has 1 N–H and O–H groups in total. The molecule has 1 saturated heterocycles. The Labute approximate surface area is 117 Å². The van der Waals surface area contributed by atoms with Crippen molar-refractivity contribution in [1.29, 1.82) is 0 Å². The van der Waals surface area contributed by atoms with E-state index in [2.05, 4.69) is 47.4 Å². The Kier molecular flexibility index (Phi) is 5.64. The number of likely N-dealkylation sites (tertiary alicyclic amines) is 1. The Morgan fingerprint density at radius 2 is 2.16 bits per heavy atom. The molecule has 1 aliphatic rings. The molecule has 1 aliphatic heterocycles. The van der Waals surface area contributed by atoms with Gasteiger partial charge in [-0.15, -0.1) is 0 Å². The molecule has 2 rings (SSSR count). The number of hydrogen-bond acceptors (Lipinski definition) is 3. The normalized spacial score (nSPS) is 20.4. The van der Waals surface area contributed by atoms with Crippen LogP contribution < -0.4 is 5.32 Å². The van der Waals surface area contributed by atoms with Crippen molar-refractivity contribution in [1.82, 2.24) is 9.88 Å². The number of hydrogen-bond donors (Lipinski definition) is 1. The van der Waals surface area contributed by atoms with E-state index in [1.807, 2.05) is 0 Å². The lowest BCUT2D eigenvalue weighted by atomic mass is 9.96. The topological polar surface area (TPSA) is 28.2 Å². The van der Waals surface area contributed by atoms with Gasteiger partial charge < -0.3 is 5.32 Å². The van der Waals surface area contributed by atoms with Crippen LogP contribution >= 0.6 is 0 Å². The van der Waals surface area contributed by atoms with Crippen molar-refractivity contribution in [3.63, 3.8) is 0 Å². The molecule has 0 saturated carbocycles. The molecule has 1 atom stereocenters. The molecular weight excluding hydrogens is 234 g/mol. The molecule has 3 heteroatoms. The first-order valence-corrected chi connectivity index (χ1v) is 7.79. The summed E-state index contributed by atoms with van der Waals surface area (Å²) in [6.07, 6.45) is 8.41. The summed E-state index contributed by atoms with van der Waals surface area (Å²) in [5.74, 6) is 1.00. The summed E-state index contributed by atoms with van der Waals surface area (Å²) in [6, 6.07) is 4.97. The smallest absolute Gasteiger partial charge is 0.125 e. The van der Waals surface area contributed by atoms with Gasteiger partial charge >= 0.3 is 0 Å². The largest absolute Gasteiger partial charge is 0.370 e. The molecule has 0 unspecified atom stereocenters. The Hall–Kier alpha value is -1.09. The highest BCUT2D eigenvalue weighted by molar-refractivity contribution is 5.36. The van der Waals surface area contributed by atoms with E-state index in [1.54, 1.807) is 0 Å². The molecule has 0 bridgehead atoms. The molecule has 0 aromatic carbocycles. The maximum absolute atomic E-state index is 4.55. The van der Waals surface area contributed by atoms with Gasteiger partial charge in [0.15, 0.2) is 0 Å². The molecule has 1 fully saturated rings. The fraction of sp³-hybridized carbons (Fsp3) is 0.688. The van der Waals surface area contributed by atoms with Gasteiger partial charge in [-0.3, -0.25) is 4.90 Å². The lowest BCUT2D eigenvalue weighted by Gasteiger charge is -2.35. The number of aromatic nitrogens is 1. The minimum atomic E-state index is 0.585. The molecule has 3 nitrogen and oxygen atoms in total. The van der Waals surface area contributed by atoms with E-state index in [9.17, 15) is 0 Å². The van der Waals surface area contributed by atoms with Crippen LogP contribution in [0.25, 0.3) is 0 Å². The summed E-state index contributed by atoms with van der Waals surface area (Å²) in [7, 11) is 0. The van der Waals surface area contributed by atoms with Gasteiger partial charge in [-0.1, -0.05) is 26.3 Å². The Bertz CT molecular complexity index is 359. The fourth-order valence-electron chi connectivity index (χ4n) is 2.88. The van der Waals surface area contributed by atoms with E-state index < -0.39 is 0 Å². The van der Waals surface area contributed by atoms with Gasteiger partial charge in [0.1, 0.15) is 5.82 Å². The molecule has 0 aliphatic carbocycles. The average Bonchev–Trinajstić information content (AvgIpc) is 2.47.